The van der Waals surface area contributed by atoms with Crippen molar-refractivity contribution in [3.05, 3.63) is 116 Å². The van der Waals surface area contributed by atoms with E-state index in [2.05, 4.69) is 65.8 Å². The molecular formula is C37H44O4. The van der Waals surface area contributed by atoms with Gasteiger partial charge in [-0.2, -0.15) is 0 Å². The zero-order chi connectivity index (χ0) is 30.2. The van der Waals surface area contributed by atoms with Gasteiger partial charge in [0.05, 0.1) is 0 Å². The van der Waals surface area contributed by atoms with Gasteiger partial charge in [-0.25, -0.2) is 0 Å². The molecule has 0 bridgehead atoms. The lowest BCUT2D eigenvalue weighted by atomic mass is 9.74. The molecule has 216 valence electrons. The largest absolute Gasteiger partial charge is 0.508 e. The molecular weight excluding hydrogens is 508 g/mol. The molecule has 4 aromatic rings. The second kappa shape index (κ2) is 11.5. The predicted molar refractivity (Wildman–Crippen MR) is 168 cm³/mol. The molecule has 0 atom stereocenters. The normalized spacial score (nSPS) is 12.0. The van der Waals surface area contributed by atoms with Crippen LogP contribution in [0.4, 0.5) is 0 Å². The summed E-state index contributed by atoms with van der Waals surface area (Å²) < 4.78 is 0. The summed E-state index contributed by atoms with van der Waals surface area (Å²) >= 11 is 0. The maximum absolute atomic E-state index is 11.3. The highest BCUT2D eigenvalue weighted by Gasteiger charge is 2.29. The van der Waals surface area contributed by atoms with Gasteiger partial charge in [0.1, 0.15) is 23.0 Å². The van der Waals surface area contributed by atoms with Gasteiger partial charge in [0, 0.05) is 18.3 Å². The molecule has 41 heavy (non-hydrogen) atoms. The van der Waals surface area contributed by atoms with Gasteiger partial charge in [0.25, 0.3) is 0 Å². The number of phenolic OH excluding ortho intramolecular Hbond substituents is 4. The second-order valence-corrected chi connectivity index (χ2v) is 12.7. The Hall–Kier alpha value is -3.92. The van der Waals surface area contributed by atoms with Gasteiger partial charge >= 0.3 is 0 Å². The van der Waals surface area contributed by atoms with E-state index in [0.29, 0.717) is 12.8 Å². The predicted octanol–water partition coefficient (Wildman–Crippen LogP) is 8.88. The van der Waals surface area contributed by atoms with E-state index in [1.54, 1.807) is 12.1 Å². The molecule has 0 unspecified atom stereocenters. The second-order valence-electron chi connectivity index (χ2n) is 12.7. The van der Waals surface area contributed by atoms with Crippen LogP contribution in [0.25, 0.3) is 0 Å². The van der Waals surface area contributed by atoms with Gasteiger partial charge in [0.15, 0.2) is 0 Å². The van der Waals surface area contributed by atoms with Crippen molar-refractivity contribution in [3.8, 4) is 23.0 Å². The highest BCUT2D eigenvalue weighted by molar-refractivity contribution is 5.56. The number of benzene rings is 4. The van der Waals surface area contributed by atoms with Crippen LogP contribution in [0, 0.1) is 13.8 Å². The van der Waals surface area contributed by atoms with Gasteiger partial charge in [0.2, 0.25) is 0 Å². The zero-order valence-corrected chi connectivity index (χ0v) is 25.6. The molecule has 0 saturated carbocycles. The highest BCUT2D eigenvalue weighted by Crippen LogP contribution is 2.43. The fourth-order valence-electron chi connectivity index (χ4n) is 5.60. The Bertz CT molecular complexity index is 1460. The Morgan fingerprint density at radius 1 is 0.537 bits per heavy atom. The Kier molecular flexibility index (Phi) is 8.44. The molecule has 0 spiro atoms. The van der Waals surface area contributed by atoms with Gasteiger partial charge < -0.3 is 20.4 Å². The summed E-state index contributed by atoms with van der Waals surface area (Å²) in [6, 6.07) is 19.4. The fraction of sp³-hybridized carbons (Fsp3) is 0.351. The van der Waals surface area contributed by atoms with Crippen molar-refractivity contribution in [2.75, 3.05) is 0 Å². The average molecular weight is 553 g/mol. The third kappa shape index (κ3) is 6.22. The van der Waals surface area contributed by atoms with Crippen molar-refractivity contribution >= 4 is 0 Å². The zero-order valence-electron chi connectivity index (χ0n) is 25.6. The quantitative estimate of drug-likeness (QED) is 0.176. The minimum absolute atomic E-state index is 0.0986. The number of hydrogen-bond donors (Lipinski definition) is 4. The van der Waals surface area contributed by atoms with Crippen LogP contribution in [0.3, 0.4) is 0 Å². The molecule has 0 aliphatic heterocycles. The molecule has 0 radical (unpaired) electrons. The Labute approximate surface area is 245 Å². The molecule has 0 amide bonds. The maximum atomic E-state index is 11.3. The fourth-order valence-corrected chi connectivity index (χ4v) is 5.60. The van der Waals surface area contributed by atoms with E-state index in [-0.39, 0.29) is 34.8 Å². The summed E-state index contributed by atoms with van der Waals surface area (Å²) in [5, 5.41) is 43.7. The minimum Gasteiger partial charge on any atom is -0.508 e. The molecule has 4 rings (SSSR count). The lowest BCUT2D eigenvalue weighted by Crippen LogP contribution is -2.21. The number of aryl methyl sites for hydroxylation is 2. The number of aromatic hydroxyl groups is 4. The van der Waals surface area contributed by atoms with Crippen LogP contribution in [0.5, 0.6) is 23.0 Å². The molecule has 0 saturated heterocycles. The van der Waals surface area contributed by atoms with Crippen molar-refractivity contribution in [2.24, 2.45) is 0 Å². The van der Waals surface area contributed by atoms with Crippen molar-refractivity contribution < 1.29 is 20.4 Å². The summed E-state index contributed by atoms with van der Waals surface area (Å²) in [6.07, 6.45) is 0.821. The molecule has 4 aromatic carbocycles. The molecule has 0 aliphatic carbocycles. The van der Waals surface area contributed by atoms with Crippen LogP contribution in [0.1, 0.15) is 109 Å². The highest BCUT2D eigenvalue weighted by atomic mass is 16.3. The van der Waals surface area contributed by atoms with Crippen molar-refractivity contribution in [1.29, 1.82) is 0 Å². The maximum Gasteiger partial charge on any atom is 0.122 e. The van der Waals surface area contributed by atoms with Gasteiger partial charge in [-0.1, -0.05) is 101 Å². The smallest absolute Gasteiger partial charge is 0.122 e. The van der Waals surface area contributed by atoms with Crippen LogP contribution in [0.15, 0.2) is 60.7 Å². The van der Waals surface area contributed by atoms with Crippen LogP contribution >= 0.6 is 0 Å². The Morgan fingerprint density at radius 2 is 0.902 bits per heavy atom. The van der Waals surface area contributed by atoms with E-state index in [1.165, 1.54) is 0 Å². The molecule has 4 N–H and O–H groups in total. The summed E-state index contributed by atoms with van der Waals surface area (Å²) in [7, 11) is 0. The van der Waals surface area contributed by atoms with Crippen molar-refractivity contribution in [1.82, 2.24) is 0 Å². The minimum atomic E-state index is -0.471. The first-order chi connectivity index (χ1) is 19.2. The summed E-state index contributed by atoms with van der Waals surface area (Å²) in [5.74, 6) is 1.17. The Balaban J connectivity index is 1.87. The third-order valence-corrected chi connectivity index (χ3v) is 8.36. The molecule has 0 heterocycles. The van der Waals surface area contributed by atoms with E-state index >= 15 is 0 Å². The standard InChI is InChI=1S/C37H44O4/c1-21(2)31-19-29(17-27(35(31)40)15-25-13-23(5)9-11-33(25)38)37(7,8)30-18-28(36(41)32(20-30)22(3)4)16-26-14-24(6)10-12-34(26)39/h9-14,17-22,38-41H,15-16H2,1-8H3. The number of phenols is 4. The average Bonchev–Trinajstić information content (AvgIpc) is 2.89. The van der Waals surface area contributed by atoms with E-state index < -0.39 is 5.41 Å². The Morgan fingerprint density at radius 3 is 1.24 bits per heavy atom. The molecule has 0 aliphatic rings. The lowest BCUT2D eigenvalue weighted by Gasteiger charge is -2.30. The van der Waals surface area contributed by atoms with Gasteiger partial charge in [-0.15, -0.1) is 0 Å². The van der Waals surface area contributed by atoms with Gasteiger partial charge in [-0.05, 0) is 82.3 Å². The first kappa shape index (κ1) is 30.0. The SMILES string of the molecule is Cc1ccc(O)c(Cc2cc(C(C)(C)c3cc(Cc4cc(C)ccc4O)c(O)c(C(C)C)c3)cc(C(C)C)c2O)c1. The van der Waals surface area contributed by atoms with Crippen LogP contribution in [-0.2, 0) is 18.3 Å². The molecule has 4 heteroatoms. The van der Waals surface area contributed by atoms with E-state index in [4.69, 9.17) is 0 Å². The van der Waals surface area contributed by atoms with Gasteiger partial charge in [-0.3, -0.25) is 0 Å². The molecule has 0 aromatic heterocycles. The van der Waals surface area contributed by atoms with Crippen molar-refractivity contribution in [3.63, 3.8) is 0 Å². The third-order valence-electron chi connectivity index (χ3n) is 8.36. The first-order valence-electron chi connectivity index (χ1n) is 14.5. The summed E-state index contributed by atoms with van der Waals surface area (Å²) in [4.78, 5) is 0. The number of hydrogen-bond acceptors (Lipinski definition) is 4. The van der Waals surface area contributed by atoms with E-state index in [9.17, 15) is 20.4 Å². The van der Waals surface area contributed by atoms with Crippen LogP contribution in [0.2, 0.25) is 0 Å². The molecule has 4 nitrogen and oxygen atoms in total. The topological polar surface area (TPSA) is 80.9 Å². The van der Waals surface area contributed by atoms with E-state index in [1.807, 2.05) is 38.1 Å². The number of rotatable bonds is 8. The van der Waals surface area contributed by atoms with Crippen LogP contribution in [-0.4, -0.2) is 20.4 Å². The summed E-state index contributed by atoms with van der Waals surface area (Å²) in [5.41, 5.74) is 8.55. The first-order valence-corrected chi connectivity index (χ1v) is 14.5. The molecule has 0 fully saturated rings. The van der Waals surface area contributed by atoms with Crippen LogP contribution < -0.4 is 0 Å². The lowest BCUT2D eigenvalue weighted by molar-refractivity contribution is 0.454. The monoisotopic (exact) mass is 552 g/mol. The van der Waals surface area contributed by atoms with E-state index in [0.717, 1.165) is 55.6 Å². The van der Waals surface area contributed by atoms with Crippen molar-refractivity contribution in [2.45, 2.75) is 85.5 Å². The summed E-state index contributed by atoms with van der Waals surface area (Å²) in [6.45, 7) is 16.6.